The van der Waals surface area contributed by atoms with Gasteiger partial charge in [0.15, 0.2) is 0 Å². The number of urea groups is 1. The van der Waals surface area contributed by atoms with Gasteiger partial charge in [0.25, 0.3) is 0 Å². The second-order valence-corrected chi connectivity index (χ2v) is 3.15. The minimum absolute atomic E-state index is 0.168. The number of nitrogens with zero attached hydrogens (tertiary/aromatic N) is 1. The quantitative estimate of drug-likeness (QED) is 0.635. The lowest BCUT2D eigenvalue weighted by atomic mass is 10.1. The number of nitrogens with one attached hydrogen (secondary N) is 1. The van der Waals surface area contributed by atoms with Crippen molar-refractivity contribution in [2.45, 2.75) is 32.4 Å². The molecule has 0 aromatic carbocycles. The van der Waals surface area contributed by atoms with E-state index in [1.807, 2.05) is 0 Å². The van der Waals surface area contributed by atoms with E-state index < -0.39 is 6.03 Å². The SMILES string of the molecule is CCN1CCCCC1NC(N)=O. The Morgan fingerprint density at radius 3 is 3.00 bits per heavy atom. The van der Waals surface area contributed by atoms with Crippen LogP contribution in [-0.2, 0) is 0 Å². The van der Waals surface area contributed by atoms with Crippen LogP contribution in [0.1, 0.15) is 26.2 Å². The Morgan fingerprint density at radius 1 is 1.67 bits per heavy atom. The third kappa shape index (κ3) is 2.37. The maximum absolute atomic E-state index is 10.6. The molecule has 2 amide bonds. The molecule has 0 aromatic heterocycles. The van der Waals surface area contributed by atoms with Gasteiger partial charge in [-0.3, -0.25) is 4.90 Å². The van der Waals surface area contributed by atoms with Gasteiger partial charge in [0.05, 0.1) is 6.17 Å². The number of hydrogen-bond acceptors (Lipinski definition) is 2. The maximum atomic E-state index is 10.6. The molecular weight excluding hydrogens is 154 g/mol. The van der Waals surface area contributed by atoms with E-state index in [0.717, 1.165) is 19.5 Å². The van der Waals surface area contributed by atoms with Crippen LogP contribution < -0.4 is 11.1 Å². The fourth-order valence-electron chi connectivity index (χ4n) is 1.70. The first-order chi connectivity index (χ1) is 5.74. The van der Waals surface area contributed by atoms with Crippen molar-refractivity contribution in [2.24, 2.45) is 5.73 Å². The topological polar surface area (TPSA) is 58.4 Å². The molecule has 1 saturated heterocycles. The molecule has 3 N–H and O–H groups in total. The van der Waals surface area contributed by atoms with Crippen LogP contribution in [0.3, 0.4) is 0 Å². The maximum Gasteiger partial charge on any atom is 0.313 e. The minimum Gasteiger partial charge on any atom is -0.352 e. The zero-order chi connectivity index (χ0) is 8.97. The Kier molecular flexibility index (Phi) is 3.34. The molecule has 1 fully saturated rings. The summed E-state index contributed by atoms with van der Waals surface area (Å²) in [5.41, 5.74) is 5.06. The van der Waals surface area contributed by atoms with Crippen LogP contribution in [0.5, 0.6) is 0 Å². The molecule has 1 heterocycles. The van der Waals surface area contributed by atoms with Crippen LogP contribution in [0.4, 0.5) is 4.79 Å². The summed E-state index contributed by atoms with van der Waals surface area (Å²) in [6.07, 6.45) is 3.60. The number of nitrogens with two attached hydrogens (primary N) is 1. The van der Waals surface area contributed by atoms with E-state index in [0.29, 0.717) is 0 Å². The van der Waals surface area contributed by atoms with Crippen molar-refractivity contribution in [3.8, 4) is 0 Å². The van der Waals surface area contributed by atoms with Gasteiger partial charge in [-0.05, 0) is 25.8 Å². The molecule has 0 aromatic rings. The highest BCUT2D eigenvalue weighted by Crippen LogP contribution is 2.13. The number of rotatable bonds is 2. The molecule has 0 saturated carbocycles. The molecule has 0 bridgehead atoms. The van der Waals surface area contributed by atoms with E-state index in [2.05, 4.69) is 17.1 Å². The van der Waals surface area contributed by atoms with Gasteiger partial charge in [0.1, 0.15) is 0 Å². The van der Waals surface area contributed by atoms with Gasteiger partial charge in [-0.25, -0.2) is 4.79 Å². The normalized spacial score (nSPS) is 25.2. The first kappa shape index (κ1) is 9.32. The van der Waals surface area contributed by atoms with Crippen molar-refractivity contribution in [1.29, 1.82) is 0 Å². The Labute approximate surface area is 73.1 Å². The van der Waals surface area contributed by atoms with E-state index >= 15 is 0 Å². The van der Waals surface area contributed by atoms with E-state index in [1.165, 1.54) is 12.8 Å². The molecule has 0 spiro atoms. The largest absolute Gasteiger partial charge is 0.352 e. The van der Waals surface area contributed by atoms with Crippen molar-refractivity contribution in [3.63, 3.8) is 0 Å². The second-order valence-electron chi connectivity index (χ2n) is 3.15. The summed E-state index contributed by atoms with van der Waals surface area (Å²) in [6.45, 7) is 4.15. The number of carbonyl (C=O) groups excluding carboxylic acids is 1. The van der Waals surface area contributed by atoms with Crippen LogP contribution in [0.25, 0.3) is 0 Å². The molecule has 1 rings (SSSR count). The molecule has 4 nitrogen and oxygen atoms in total. The Morgan fingerprint density at radius 2 is 2.42 bits per heavy atom. The van der Waals surface area contributed by atoms with Crippen molar-refractivity contribution in [2.75, 3.05) is 13.1 Å². The number of piperidine rings is 1. The van der Waals surface area contributed by atoms with Gasteiger partial charge < -0.3 is 11.1 Å². The average Bonchev–Trinajstić information content (AvgIpc) is 2.04. The average molecular weight is 171 g/mol. The van der Waals surface area contributed by atoms with Crippen LogP contribution in [-0.4, -0.2) is 30.2 Å². The third-order valence-corrected chi connectivity index (χ3v) is 2.33. The summed E-state index contributed by atoms with van der Waals surface area (Å²) in [5, 5.41) is 2.75. The summed E-state index contributed by atoms with van der Waals surface area (Å²) < 4.78 is 0. The van der Waals surface area contributed by atoms with E-state index in [9.17, 15) is 4.79 Å². The second kappa shape index (κ2) is 4.30. The fourth-order valence-corrected chi connectivity index (χ4v) is 1.70. The Balaban J connectivity index is 2.41. The highest BCUT2D eigenvalue weighted by molar-refractivity contribution is 5.71. The van der Waals surface area contributed by atoms with Crippen LogP contribution in [0.15, 0.2) is 0 Å². The van der Waals surface area contributed by atoms with E-state index in [4.69, 9.17) is 5.73 Å². The standard InChI is InChI=1S/C8H17N3O/c1-2-11-6-4-3-5-7(11)10-8(9)12/h7H,2-6H2,1H3,(H3,9,10,12). The van der Waals surface area contributed by atoms with Gasteiger partial charge >= 0.3 is 6.03 Å². The molecule has 1 aliphatic rings. The number of primary amides is 1. The molecular formula is C8H17N3O. The van der Waals surface area contributed by atoms with Crippen molar-refractivity contribution < 1.29 is 4.79 Å². The van der Waals surface area contributed by atoms with Crippen LogP contribution in [0.2, 0.25) is 0 Å². The molecule has 12 heavy (non-hydrogen) atoms. The Bertz CT molecular complexity index is 160. The zero-order valence-electron chi connectivity index (χ0n) is 7.55. The van der Waals surface area contributed by atoms with Crippen LogP contribution >= 0.6 is 0 Å². The highest BCUT2D eigenvalue weighted by atomic mass is 16.2. The van der Waals surface area contributed by atoms with Crippen molar-refractivity contribution >= 4 is 6.03 Å². The molecule has 0 radical (unpaired) electrons. The van der Waals surface area contributed by atoms with Gasteiger partial charge in [-0.1, -0.05) is 6.92 Å². The summed E-state index contributed by atoms with van der Waals surface area (Å²) in [4.78, 5) is 12.9. The molecule has 1 unspecified atom stereocenters. The van der Waals surface area contributed by atoms with Crippen LogP contribution in [0, 0.1) is 0 Å². The van der Waals surface area contributed by atoms with Gasteiger partial charge in [-0.15, -0.1) is 0 Å². The predicted molar refractivity (Wildman–Crippen MR) is 47.6 cm³/mol. The number of likely N-dealkylation sites (tertiary alicyclic amines) is 1. The number of amides is 2. The summed E-state index contributed by atoms with van der Waals surface area (Å²) in [5.74, 6) is 0. The van der Waals surface area contributed by atoms with Gasteiger partial charge in [-0.2, -0.15) is 0 Å². The first-order valence-electron chi connectivity index (χ1n) is 4.54. The lowest BCUT2D eigenvalue weighted by molar-refractivity contribution is 0.133. The van der Waals surface area contributed by atoms with E-state index in [1.54, 1.807) is 0 Å². The molecule has 70 valence electrons. The predicted octanol–water partition coefficient (Wildman–Crippen LogP) is 0.487. The lowest BCUT2D eigenvalue weighted by Crippen LogP contribution is -2.52. The smallest absolute Gasteiger partial charge is 0.313 e. The number of carbonyl (C=O) groups is 1. The zero-order valence-corrected chi connectivity index (χ0v) is 7.55. The summed E-state index contributed by atoms with van der Waals surface area (Å²) in [7, 11) is 0. The van der Waals surface area contributed by atoms with Gasteiger partial charge in [0, 0.05) is 6.54 Å². The highest BCUT2D eigenvalue weighted by Gasteiger charge is 2.20. The number of hydrogen-bond donors (Lipinski definition) is 2. The lowest BCUT2D eigenvalue weighted by Gasteiger charge is -2.34. The summed E-state index contributed by atoms with van der Waals surface area (Å²) in [6, 6.07) is -0.416. The molecule has 4 heteroatoms. The molecule has 1 atom stereocenters. The van der Waals surface area contributed by atoms with Crippen molar-refractivity contribution in [3.05, 3.63) is 0 Å². The van der Waals surface area contributed by atoms with E-state index in [-0.39, 0.29) is 6.17 Å². The summed E-state index contributed by atoms with van der Waals surface area (Å²) >= 11 is 0. The minimum atomic E-state index is -0.416. The first-order valence-corrected chi connectivity index (χ1v) is 4.54. The van der Waals surface area contributed by atoms with Crippen molar-refractivity contribution in [1.82, 2.24) is 10.2 Å². The molecule has 0 aliphatic carbocycles. The Hall–Kier alpha value is -0.770. The third-order valence-electron chi connectivity index (χ3n) is 2.33. The molecule has 1 aliphatic heterocycles. The fraction of sp³-hybridized carbons (Fsp3) is 0.875. The monoisotopic (exact) mass is 171 g/mol. The van der Waals surface area contributed by atoms with Gasteiger partial charge in [0.2, 0.25) is 0 Å².